The van der Waals surface area contributed by atoms with Crippen LogP contribution >= 0.6 is 0 Å². The van der Waals surface area contributed by atoms with Crippen LogP contribution in [0, 0.1) is 13.8 Å². The van der Waals surface area contributed by atoms with Crippen molar-refractivity contribution in [1.29, 1.82) is 0 Å². The molecule has 7 aromatic rings. The summed E-state index contributed by atoms with van der Waals surface area (Å²) >= 11 is 0. The minimum absolute atomic E-state index is 0.860. The minimum Gasteiger partial charge on any atom is -0.340 e. The maximum absolute atomic E-state index is 2.61. The molecule has 0 N–H and O–H groups in total. The third-order valence-corrected chi connectivity index (χ3v) is 8.61. The van der Waals surface area contributed by atoms with Crippen LogP contribution in [0.4, 0.5) is 0 Å². The minimum atomic E-state index is 0.860. The van der Waals surface area contributed by atoms with E-state index in [0.29, 0.717) is 0 Å². The fourth-order valence-electron chi connectivity index (χ4n) is 7.35. The van der Waals surface area contributed by atoms with E-state index in [1.165, 1.54) is 82.6 Å². The zero-order valence-corrected chi connectivity index (χ0v) is 22.2. The van der Waals surface area contributed by atoms with Gasteiger partial charge in [0.05, 0.1) is 11.0 Å². The summed E-state index contributed by atoms with van der Waals surface area (Å²) in [4.78, 5) is 0. The molecule has 2 nitrogen and oxygen atoms in total. The van der Waals surface area contributed by atoms with Gasteiger partial charge in [0.15, 0.2) is 0 Å². The Bertz CT molecular complexity index is 2060. The van der Waals surface area contributed by atoms with E-state index >= 15 is 0 Å². The van der Waals surface area contributed by atoms with E-state index in [1.807, 2.05) is 0 Å². The molecule has 2 heteroatoms. The van der Waals surface area contributed by atoms with Gasteiger partial charge in [0, 0.05) is 51.2 Å². The topological polar surface area (TPSA) is 9.86 Å². The molecule has 0 saturated heterocycles. The molecule has 0 saturated carbocycles. The monoisotopic (exact) mass is 490 g/mol. The Labute approximate surface area is 222 Å². The predicted molar refractivity (Wildman–Crippen MR) is 161 cm³/mol. The molecule has 0 unspecified atom stereocenters. The van der Waals surface area contributed by atoms with Crippen LogP contribution < -0.4 is 0 Å². The number of para-hydroxylation sites is 2. The Morgan fingerprint density at radius 3 is 2.03 bits per heavy atom. The number of aryl methyl sites for hydroxylation is 3. The zero-order valence-electron chi connectivity index (χ0n) is 22.2. The highest BCUT2D eigenvalue weighted by Crippen LogP contribution is 2.51. The van der Waals surface area contributed by atoms with Gasteiger partial charge in [-0.3, -0.25) is 0 Å². The third-order valence-electron chi connectivity index (χ3n) is 8.61. The van der Waals surface area contributed by atoms with Crippen LogP contribution in [0.3, 0.4) is 0 Å². The summed E-state index contributed by atoms with van der Waals surface area (Å²) in [6, 6.07) is 34.1. The van der Waals surface area contributed by atoms with E-state index in [4.69, 9.17) is 0 Å². The molecule has 2 aromatic heterocycles. The predicted octanol–water partition coefficient (Wildman–Crippen LogP) is 9.16. The van der Waals surface area contributed by atoms with Gasteiger partial charge in [-0.1, -0.05) is 90.0 Å². The molecule has 38 heavy (non-hydrogen) atoms. The van der Waals surface area contributed by atoms with Crippen molar-refractivity contribution in [3.05, 3.63) is 119 Å². The second kappa shape index (κ2) is 7.85. The van der Waals surface area contributed by atoms with Gasteiger partial charge in [-0.15, -0.1) is 0 Å². The second-order valence-corrected chi connectivity index (χ2v) is 11.0. The average Bonchev–Trinajstić information content (AvgIpc) is 3.56. The summed E-state index contributed by atoms with van der Waals surface area (Å²) in [6.45, 7) is 8.51. The third kappa shape index (κ3) is 2.83. The fraction of sp³-hybridized carbons (Fsp3) is 0.167. The van der Waals surface area contributed by atoms with Crippen molar-refractivity contribution in [2.24, 2.45) is 0 Å². The van der Waals surface area contributed by atoms with E-state index in [1.54, 1.807) is 0 Å². The van der Waals surface area contributed by atoms with Crippen molar-refractivity contribution in [2.45, 2.75) is 40.3 Å². The number of rotatable bonds is 3. The summed E-state index contributed by atoms with van der Waals surface area (Å²) in [5, 5.41) is 5.55. The van der Waals surface area contributed by atoms with Gasteiger partial charge in [-0.2, -0.15) is 0 Å². The molecule has 1 aliphatic rings. The first-order chi connectivity index (χ1) is 18.6. The molecule has 0 aliphatic heterocycles. The lowest BCUT2D eigenvalue weighted by atomic mass is 9.96. The molecule has 0 bridgehead atoms. The standard InChI is InChI=1S/C36H30N2/c1-4-37-30-15-9-8-14-28(30)34-35(37)32-26-12-6-5-11-25(26)20-29(32)33-27-13-7-10-16-31(27)38(36(33)34)21-24-18-22(2)17-23(3)19-24/h5-19H,4,20-21H2,1-3H3. The molecule has 0 radical (unpaired) electrons. The molecule has 8 rings (SSSR count). The van der Waals surface area contributed by atoms with Gasteiger partial charge in [-0.05, 0) is 61.6 Å². The SMILES string of the molecule is CCn1c2ccccc2c2c1c1c(c3c4ccccc4n(Cc4cc(C)cc(C)c4)c32)Cc2ccccc2-1. The highest BCUT2D eigenvalue weighted by molar-refractivity contribution is 6.30. The number of nitrogens with zero attached hydrogens (tertiary/aromatic N) is 2. The quantitative estimate of drug-likeness (QED) is 0.234. The first kappa shape index (κ1) is 21.8. The highest BCUT2D eigenvalue weighted by atomic mass is 15.0. The van der Waals surface area contributed by atoms with E-state index in [2.05, 4.69) is 121 Å². The number of hydrogen-bond donors (Lipinski definition) is 0. The lowest BCUT2D eigenvalue weighted by Crippen LogP contribution is -2.02. The number of hydrogen-bond acceptors (Lipinski definition) is 0. The Hall–Kier alpha value is -4.30. The largest absolute Gasteiger partial charge is 0.340 e. The summed E-state index contributed by atoms with van der Waals surface area (Å²) in [5.41, 5.74) is 15.2. The molecule has 0 spiro atoms. The van der Waals surface area contributed by atoms with Crippen LogP contribution in [-0.4, -0.2) is 9.13 Å². The van der Waals surface area contributed by atoms with Crippen molar-refractivity contribution in [3.63, 3.8) is 0 Å². The average molecular weight is 491 g/mol. The van der Waals surface area contributed by atoms with Crippen molar-refractivity contribution < 1.29 is 0 Å². The van der Waals surface area contributed by atoms with Crippen molar-refractivity contribution in [2.75, 3.05) is 0 Å². The lowest BCUT2D eigenvalue weighted by Gasteiger charge is -2.14. The van der Waals surface area contributed by atoms with Crippen LogP contribution in [0.25, 0.3) is 54.7 Å². The van der Waals surface area contributed by atoms with Crippen molar-refractivity contribution in [3.8, 4) is 11.1 Å². The Morgan fingerprint density at radius 1 is 0.658 bits per heavy atom. The van der Waals surface area contributed by atoms with Crippen molar-refractivity contribution in [1.82, 2.24) is 9.13 Å². The van der Waals surface area contributed by atoms with Gasteiger partial charge >= 0.3 is 0 Å². The number of aromatic nitrogens is 2. The second-order valence-electron chi connectivity index (χ2n) is 11.0. The van der Waals surface area contributed by atoms with Gasteiger partial charge in [0.25, 0.3) is 0 Å². The van der Waals surface area contributed by atoms with Gasteiger partial charge in [0.1, 0.15) is 0 Å². The van der Waals surface area contributed by atoms with Crippen LogP contribution in [0.15, 0.2) is 91.0 Å². The van der Waals surface area contributed by atoms with Gasteiger partial charge in [0.2, 0.25) is 0 Å². The molecule has 0 atom stereocenters. The van der Waals surface area contributed by atoms with Gasteiger partial charge < -0.3 is 9.13 Å². The number of benzene rings is 5. The maximum Gasteiger partial charge on any atom is 0.0599 e. The molecule has 184 valence electrons. The number of fused-ring (bicyclic) bond motifs is 12. The highest BCUT2D eigenvalue weighted by Gasteiger charge is 2.30. The van der Waals surface area contributed by atoms with Crippen LogP contribution in [0.5, 0.6) is 0 Å². The molecular weight excluding hydrogens is 460 g/mol. The molecule has 5 aromatic carbocycles. The fourth-order valence-corrected chi connectivity index (χ4v) is 7.35. The summed E-state index contributed by atoms with van der Waals surface area (Å²) < 4.78 is 5.17. The summed E-state index contributed by atoms with van der Waals surface area (Å²) in [5.74, 6) is 0. The van der Waals surface area contributed by atoms with E-state index in [-0.39, 0.29) is 0 Å². The molecule has 0 fully saturated rings. The maximum atomic E-state index is 2.61. The van der Waals surface area contributed by atoms with E-state index < -0.39 is 0 Å². The molecular formula is C36H30N2. The Morgan fingerprint density at radius 2 is 1.29 bits per heavy atom. The zero-order chi connectivity index (χ0) is 25.5. The van der Waals surface area contributed by atoms with Crippen LogP contribution in [-0.2, 0) is 19.5 Å². The molecule has 1 aliphatic carbocycles. The van der Waals surface area contributed by atoms with E-state index in [0.717, 1.165) is 19.5 Å². The van der Waals surface area contributed by atoms with E-state index in [9.17, 15) is 0 Å². The van der Waals surface area contributed by atoms with Crippen LogP contribution in [0.1, 0.15) is 34.7 Å². The summed E-state index contributed by atoms with van der Waals surface area (Å²) in [6.07, 6.45) is 0.987. The lowest BCUT2D eigenvalue weighted by molar-refractivity contribution is 0.827. The molecule has 2 heterocycles. The Balaban J connectivity index is 1.63. The smallest absolute Gasteiger partial charge is 0.0599 e. The first-order valence-corrected chi connectivity index (χ1v) is 13.8. The Kier molecular flexibility index (Phi) is 4.49. The van der Waals surface area contributed by atoms with Crippen LogP contribution in [0.2, 0.25) is 0 Å². The summed E-state index contributed by atoms with van der Waals surface area (Å²) in [7, 11) is 0. The normalized spacial score (nSPS) is 12.7. The first-order valence-electron chi connectivity index (χ1n) is 13.8. The van der Waals surface area contributed by atoms with Crippen molar-refractivity contribution >= 4 is 43.6 Å². The van der Waals surface area contributed by atoms with Gasteiger partial charge in [-0.25, -0.2) is 0 Å². The molecule has 0 amide bonds.